The number of benzene rings is 2. The summed E-state index contributed by atoms with van der Waals surface area (Å²) in [5, 5.41) is 0. The molecule has 0 unspecified atom stereocenters. The second kappa shape index (κ2) is 4.80. The summed E-state index contributed by atoms with van der Waals surface area (Å²) in [4.78, 5) is 0. The molecular formula is C16H16. The van der Waals surface area contributed by atoms with Crippen LogP contribution in [0.5, 0.6) is 0 Å². The fourth-order valence-electron chi connectivity index (χ4n) is 1.78. The summed E-state index contributed by atoms with van der Waals surface area (Å²) in [6.07, 6.45) is 2.95. The van der Waals surface area contributed by atoms with Gasteiger partial charge in [0, 0.05) is 0 Å². The molecule has 0 atom stereocenters. The van der Waals surface area contributed by atoms with E-state index in [1.54, 1.807) is 0 Å². The fourth-order valence-corrected chi connectivity index (χ4v) is 1.78. The summed E-state index contributed by atoms with van der Waals surface area (Å²) >= 11 is 0. The first-order chi connectivity index (χ1) is 7.83. The Labute approximate surface area is 97.3 Å². The Balaban J connectivity index is 2.38. The van der Waals surface area contributed by atoms with Crippen LogP contribution in [0.15, 0.2) is 55.1 Å². The van der Waals surface area contributed by atoms with Gasteiger partial charge in [-0.25, -0.2) is 0 Å². The van der Waals surface area contributed by atoms with Crippen molar-refractivity contribution in [2.24, 2.45) is 0 Å². The molecule has 0 aliphatic heterocycles. The Bertz CT molecular complexity index is 478. The molecule has 2 rings (SSSR count). The van der Waals surface area contributed by atoms with Crippen LogP contribution in [0.1, 0.15) is 18.1 Å². The van der Waals surface area contributed by atoms with Crippen LogP contribution in [0.2, 0.25) is 0 Å². The van der Waals surface area contributed by atoms with E-state index in [-0.39, 0.29) is 0 Å². The molecule has 0 aliphatic rings. The molecule has 2 aromatic carbocycles. The van der Waals surface area contributed by atoms with Crippen LogP contribution in [0.4, 0.5) is 0 Å². The van der Waals surface area contributed by atoms with Gasteiger partial charge in [-0.15, -0.1) is 0 Å². The average Bonchev–Trinajstić information content (AvgIpc) is 2.39. The molecule has 0 amide bonds. The smallest absolute Gasteiger partial charge is 0.0181 e. The quantitative estimate of drug-likeness (QED) is 0.693. The second-order valence-electron chi connectivity index (χ2n) is 3.88. The minimum absolute atomic E-state index is 1.08. The van der Waals surface area contributed by atoms with Gasteiger partial charge in [0.2, 0.25) is 0 Å². The molecule has 0 aromatic heterocycles. The zero-order chi connectivity index (χ0) is 11.4. The van der Waals surface area contributed by atoms with Gasteiger partial charge in [-0.05, 0) is 28.7 Å². The highest BCUT2D eigenvalue weighted by atomic mass is 14.0. The van der Waals surface area contributed by atoms with Crippen LogP contribution >= 0.6 is 0 Å². The Kier molecular flexibility index (Phi) is 3.21. The molecule has 0 radical (unpaired) electrons. The van der Waals surface area contributed by atoms with Crippen molar-refractivity contribution in [1.82, 2.24) is 0 Å². The largest absolute Gasteiger partial charge is 0.0985 e. The van der Waals surface area contributed by atoms with Crippen molar-refractivity contribution in [3.05, 3.63) is 66.2 Å². The minimum atomic E-state index is 1.08. The molecule has 0 fully saturated rings. The zero-order valence-corrected chi connectivity index (χ0v) is 9.61. The summed E-state index contributed by atoms with van der Waals surface area (Å²) in [6.45, 7) is 5.94. The molecule has 0 saturated heterocycles. The third-order valence-electron chi connectivity index (χ3n) is 2.81. The van der Waals surface area contributed by atoms with Crippen LogP contribution in [0, 0.1) is 0 Å². The Hall–Kier alpha value is -1.82. The zero-order valence-electron chi connectivity index (χ0n) is 9.61. The summed E-state index contributed by atoms with van der Waals surface area (Å²) in [7, 11) is 0. The van der Waals surface area contributed by atoms with Crippen molar-refractivity contribution in [1.29, 1.82) is 0 Å². The topological polar surface area (TPSA) is 0 Å². The number of rotatable bonds is 3. The van der Waals surface area contributed by atoms with E-state index in [0.29, 0.717) is 0 Å². The lowest BCUT2D eigenvalue weighted by molar-refractivity contribution is 1.14. The first kappa shape index (κ1) is 10.7. The highest BCUT2D eigenvalue weighted by Gasteiger charge is 1.98. The Morgan fingerprint density at radius 2 is 1.75 bits per heavy atom. The van der Waals surface area contributed by atoms with E-state index >= 15 is 0 Å². The standard InChI is InChI=1S/C16H16/c1-3-13-8-10-15(11-9-13)16-7-5-6-14(4-2)12-16/h3,5-12H,1,4H2,2H3. The van der Waals surface area contributed by atoms with Gasteiger partial charge in [0.05, 0.1) is 0 Å². The maximum absolute atomic E-state index is 3.76. The molecule has 0 aliphatic carbocycles. The van der Waals surface area contributed by atoms with Crippen LogP contribution in [0.25, 0.3) is 17.2 Å². The molecule has 2 aromatic rings. The van der Waals surface area contributed by atoms with Gasteiger partial charge in [0.25, 0.3) is 0 Å². The van der Waals surface area contributed by atoms with Crippen LogP contribution in [-0.4, -0.2) is 0 Å². The maximum atomic E-state index is 3.76. The van der Waals surface area contributed by atoms with E-state index in [2.05, 4.69) is 62.0 Å². The average molecular weight is 208 g/mol. The lowest BCUT2D eigenvalue weighted by atomic mass is 10.0. The molecule has 0 spiro atoms. The van der Waals surface area contributed by atoms with Gasteiger partial charge >= 0.3 is 0 Å². The van der Waals surface area contributed by atoms with Crippen LogP contribution in [-0.2, 0) is 6.42 Å². The van der Waals surface area contributed by atoms with Gasteiger partial charge in [0.1, 0.15) is 0 Å². The molecule has 0 nitrogen and oxygen atoms in total. The predicted molar refractivity (Wildman–Crippen MR) is 71.3 cm³/mol. The lowest BCUT2D eigenvalue weighted by Gasteiger charge is -2.04. The van der Waals surface area contributed by atoms with Gasteiger partial charge < -0.3 is 0 Å². The van der Waals surface area contributed by atoms with Crippen molar-refractivity contribution in [3.8, 4) is 11.1 Å². The van der Waals surface area contributed by atoms with E-state index in [4.69, 9.17) is 0 Å². The predicted octanol–water partition coefficient (Wildman–Crippen LogP) is 4.56. The van der Waals surface area contributed by atoms with Crippen molar-refractivity contribution >= 4 is 6.08 Å². The SMILES string of the molecule is C=Cc1ccc(-c2cccc(CC)c2)cc1. The summed E-state index contributed by atoms with van der Waals surface area (Å²) in [5.74, 6) is 0. The van der Waals surface area contributed by atoms with E-state index in [1.165, 1.54) is 16.7 Å². The molecule has 0 N–H and O–H groups in total. The molecule has 0 bridgehead atoms. The molecular weight excluding hydrogens is 192 g/mol. The van der Waals surface area contributed by atoms with Crippen molar-refractivity contribution in [2.75, 3.05) is 0 Å². The Morgan fingerprint density at radius 3 is 2.38 bits per heavy atom. The maximum Gasteiger partial charge on any atom is -0.0181 e. The van der Waals surface area contributed by atoms with E-state index < -0.39 is 0 Å². The van der Waals surface area contributed by atoms with Crippen LogP contribution in [0.3, 0.4) is 0 Å². The first-order valence-corrected chi connectivity index (χ1v) is 5.65. The highest BCUT2D eigenvalue weighted by molar-refractivity contribution is 5.66. The third-order valence-corrected chi connectivity index (χ3v) is 2.81. The van der Waals surface area contributed by atoms with Gasteiger partial charge in [-0.2, -0.15) is 0 Å². The van der Waals surface area contributed by atoms with Gasteiger partial charge in [0.15, 0.2) is 0 Å². The third kappa shape index (κ3) is 2.22. The molecule has 80 valence electrons. The molecule has 0 heterocycles. The summed E-state index contributed by atoms with van der Waals surface area (Å²) < 4.78 is 0. The minimum Gasteiger partial charge on any atom is -0.0985 e. The fraction of sp³-hybridized carbons (Fsp3) is 0.125. The van der Waals surface area contributed by atoms with Gasteiger partial charge in [-0.3, -0.25) is 0 Å². The Morgan fingerprint density at radius 1 is 1.00 bits per heavy atom. The second-order valence-corrected chi connectivity index (χ2v) is 3.88. The van der Waals surface area contributed by atoms with E-state index in [9.17, 15) is 0 Å². The lowest BCUT2D eigenvalue weighted by Crippen LogP contribution is -1.82. The van der Waals surface area contributed by atoms with Crippen molar-refractivity contribution in [2.45, 2.75) is 13.3 Å². The van der Waals surface area contributed by atoms with E-state index in [1.807, 2.05) is 6.08 Å². The van der Waals surface area contributed by atoms with Crippen molar-refractivity contribution < 1.29 is 0 Å². The molecule has 0 heteroatoms. The number of hydrogen-bond acceptors (Lipinski definition) is 0. The monoisotopic (exact) mass is 208 g/mol. The van der Waals surface area contributed by atoms with Crippen molar-refractivity contribution in [3.63, 3.8) is 0 Å². The molecule has 0 saturated carbocycles. The van der Waals surface area contributed by atoms with Gasteiger partial charge in [-0.1, -0.05) is 68.1 Å². The number of aryl methyl sites for hydroxylation is 1. The summed E-state index contributed by atoms with van der Waals surface area (Å²) in [5.41, 5.74) is 5.09. The number of hydrogen-bond donors (Lipinski definition) is 0. The molecule has 16 heavy (non-hydrogen) atoms. The highest BCUT2D eigenvalue weighted by Crippen LogP contribution is 2.21. The first-order valence-electron chi connectivity index (χ1n) is 5.65. The van der Waals surface area contributed by atoms with E-state index in [0.717, 1.165) is 12.0 Å². The van der Waals surface area contributed by atoms with Crippen LogP contribution < -0.4 is 0 Å². The summed E-state index contributed by atoms with van der Waals surface area (Å²) in [6, 6.07) is 17.2. The normalized spacial score (nSPS) is 10.1.